The molecule has 0 unspecified atom stereocenters. The summed E-state index contributed by atoms with van der Waals surface area (Å²) in [7, 11) is 0. The van der Waals surface area contributed by atoms with Crippen LogP contribution in [0.3, 0.4) is 0 Å². The third-order valence-corrected chi connectivity index (χ3v) is 4.26. The lowest BCUT2D eigenvalue weighted by atomic mass is 10.1. The summed E-state index contributed by atoms with van der Waals surface area (Å²) < 4.78 is 5.61. The van der Waals surface area contributed by atoms with Crippen LogP contribution in [0.2, 0.25) is 0 Å². The zero-order chi connectivity index (χ0) is 16.5. The normalized spacial score (nSPS) is 10.5. The minimum atomic E-state index is -0.0538. The van der Waals surface area contributed by atoms with Crippen LogP contribution in [0.1, 0.15) is 34.8 Å². The molecule has 0 saturated heterocycles. The summed E-state index contributed by atoms with van der Waals surface area (Å²) in [6.45, 7) is 3.94. The monoisotopic (exact) mass is 329 g/mol. The van der Waals surface area contributed by atoms with Gasteiger partial charge in [-0.15, -0.1) is 11.8 Å². The number of benzene rings is 2. The van der Waals surface area contributed by atoms with E-state index >= 15 is 0 Å². The Morgan fingerprint density at radius 3 is 2.43 bits per heavy atom. The molecule has 0 fully saturated rings. The molecule has 0 saturated carbocycles. The molecule has 0 atom stereocenters. The molecule has 2 rings (SSSR count). The van der Waals surface area contributed by atoms with E-state index in [1.807, 2.05) is 54.8 Å². The minimum absolute atomic E-state index is 0.0538. The summed E-state index contributed by atoms with van der Waals surface area (Å²) in [5.74, 6) is -0.0538. The molecule has 0 aromatic heterocycles. The van der Waals surface area contributed by atoms with Crippen molar-refractivity contribution in [2.24, 2.45) is 0 Å². The van der Waals surface area contributed by atoms with Crippen LogP contribution in [0, 0.1) is 0 Å². The molecule has 1 amide bonds. The van der Waals surface area contributed by atoms with E-state index in [4.69, 9.17) is 4.74 Å². The number of hydrogen-bond donors (Lipinski definition) is 1. The van der Waals surface area contributed by atoms with Gasteiger partial charge in [-0.25, -0.2) is 0 Å². The van der Waals surface area contributed by atoms with Gasteiger partial charge in [0.1, 0.15) is 0 Å². The number of carbonyl (C=O) groups is 1. The van der Waals surface area contributed by atoms with Crippen molar-refractivity contribution in [1.29, 1.82) is 0 Å². The number of nitrogens with one attached hydrogen (secondary N) is 1. The molecule has 0 bridgehead atoms. The Balaban J connectivity index is 1.95. The number of rotatable bonds is 8. The minimum Gasteiger partial charge on any atom is -0.377 e. The quantitative estimate of drug-likeness (QED) is 0.581. The van der Waals surface area contributed by atoms with Gasteiger partial charge in [0.2, 0.25) is 0 Å². The highest BCUT2D eigenvalue weighted by atomic mass is 32.2. The zero-order valence-electron chi connectivity index (χ0n) is 13.7. The molecule has 0 aliphatic carbocycles. The summed E-state index contributed by atoms with van der Waals surface area (Å²) >= 11 is 1.67. The zero-order valence-corrected chi connectivity index (χ0v) is 14.5. The first-order chi connectivity index (χ1) is 11.2. The van der Waals surface area contributed by atoms with Crippen molar-refractivity contribution in [2.75, 3.05) is 12.9 Å². The van der Waals surface area contributed by atoms with Gasteiger partial charge >= 0.3 is 0 Å². The first-order valence-corrected chi connectivity index (χ1v) is 9.04. The fraction of sp³-hybridized carbons (Fsp3) is 0.316. The van der Waals surface area contributed by atoms with Crippen LogP contribution in [0.4, 0.5) is 0 Å². The van der Waals surface area contributed by atoms with Gasteiger partial charge in [0.25, 0.3) is 5.91 Å². The Kier molecular flexibility index (Phi) is 7.17. The molecule has 0 spiro atoms. The predicted octanol–water partition coefficient (Wildman–Crippen LogP) is 4.27. The Bertz CT molecular complexity index is 626. The fourth-order valence-corrected chi connectivity index (χ4v) is 2.63. The number of ether oxygens (including phenoxy) is 1. The Hall–Kier alpha value is -1.78. The highest BCUT2D eigenvalue weighted by Crippen LogP contribution is 2.15. The molecular formula is C19H23NO2S. The van der Waals surface area contributed by atoms with Crippen molar-refractivity contribution in [3.05, 3.63) is 65.2 Å². The molecule has 4 heteroatoms. The number of amides is 1. The van der Waals surface area contributed by atoms with E-state index in [0.717, 1.165) is 29.1 Å². The second-order valence-corrected chi connectivity index (χ2v) is 6.11. The molecule has 0 radical (unpaired) electrons. The van der Waals surface area contributed by atoms with E-state index in [2.05, 4.69) is 12.2 Å². The Labute approximate surface area is 142 Å². The lowest BCUT2D eigenvalue weighted by Crippen LogP contribution is -2.23. The molecule has 0 aliphatic rings. The molecule has 0 heterocycles. The summed E-state index contributed by atoms with van der Waals surface area (Å²) in [6.07, 6.45) is 3.03. The van der Waals surface area contributed by atoms with Crippen LogP contribution in [-0.4, -0.2) is 18.8 Å². The lowest BCUT2D eigenvalue weighted by Gasteiger charge is -2.11. The summed E-state index contributed by atoms with van der Waals surface area (Å²) in [6, 6.07) is 15.7. The van der Waals surface area contributed by atoms with Gasteiger partial charge in [-0.1, -0.05) is 31.2 Å². The average molecular weight is 329 g/mol. The van der Waals surface area contributed by atoms with Crippen molar-refractivity contribution < 1.29 is 9.53 Å². The first-order valence-electron chi connectivity index (χ1n) is 7.81. The molecule has 1 N–H and O–H groups in total. The van der Waals surface area contributed by atoms with Gasteiger partial charge in [-0.05, 0) is 48.1 Å². The van der Waals surface area contributed by atoms with Crippen LogP contribution in [0.5, 0.6) is 0 Å². The van der Waals surface area contributed by atoms with E-state index in [-0.39, 0.29) is 5.91 Å². The van der Waals surface area contributed by atoms with Crippen LogP contribution >= 0.6 is 11.8 Å². The van der Waals surface area contributed by atoms with Gasteiger partial charge in [-0.3, -0.25) is 4.79 Å². The van der Waals surface area contributed by atoms with Crippen molar-refractivity contribution in [2.45, 2.75) is 31.4 Å². The number of carbonyl (C=O) groups excluding carboxylic acids is 1. The van der Waals surface area contributed by atoms with Crippen molar-refractivity contribution in [3.8, 4) is 0 Å². The topological polar surface area (TPSA) is 38.3 Å². The molecule has 23 heavy (non-hydrogen) atoms. The van der Waals surface area contributed by atoms with Crippen molar-refractivity contribution in [1.82, 2.24) is 5.32 Å². The standard InChI is InChI=1S/C19H23NO2S/c1-3-12-22-14-17-7-5-4-6-16(17)13-20-19(21)15-8-10-18(23-2)11-9-15/h4-11H,3,12-14H2,1-2H3,(H,20,21). The summed E-state index contributed by atoms with van der Waals surface area (Å²) in [5, 5.41) is 2.98. The maximum Gasteiger partial charge on any atom is 0.251 e. The molecular weight excluding hydrogens is 306 g/mol. The molecule has 0 aliphatic heterocycles. The lowest BCUT2D eigenvalue weighted by molar-refractivity contribution is 0.0949. The molecule has 122 valence electrons. The van der Waals surface area contributed by atoms with Gasteiger partial charge < -0.3 is 10.1 Å². The number of thioether (sulfide) groups is 1. The van der Waals surface area contributed by atoms with E-state index < -0.39 is 0 Å². The van der Waals surface area contributed by atoms with Gasteiger partial charge in [0, 0.05) is 23.6 Å². The third-order valence-electron chi connectivity index (χ3n) is 3.52. The fourth-order valence-electron chi connectivity index (χ4n) is 2.22. The Morgan fingerprint density at radius 1 is 1.09 bits per heavy atom. The molecule has 2 aromatic carbocycles. The highest BCUT2D eigenvalue weighted by molar-refractivity contribution is 7.98. The first kappa shape index (κ1) is 17.6. The van der Waals surface area contributed by atoms with Crippen LogP contribution in [0.25, 0.3) is 0 Å². The van der Waals surface area contributed by atoms with E-state index in [1.165, 1.54) is 0 Å². The summed E-state index contributed by atoms with van der Waals surface area (Å²) in [4.78, 5) is 13.4. The third kappa shape index (κ3) is 5.41. The van der Waals surface area contributed by atoms with Crippen LogP contribution in [-0.2, 0) is 17.9 Å². The van der Waals surface area contributed by atoms with E-state index in [1.54, 1.807) is 11.8 Å². The number of hydrogen-bond acceptors (Lipinski definition) is 3. The van der Waals surface area contributed by atoms with Crippen molar-refractivity contribution >= 4 is 17.7 Å². The van der Waals surface area contributed by atoms with E-state index in [0.29, 0.717) is 18.7 Å². The smallest absolute Gasteiger partial charge is 0.251 e. The SMILES string of the molecule is CCCOCc1ccccc1CNC(=O)c1ccc(SC)cc1. The van der Waals surface area contributed by atoms with Crippen molar-refractivity contribution in [3.63, 3.8) is 0 Å². The maximum absolute atomic E-state index is 12.2. The van der Waals surface area contributed by atoms with E-state index in [9.17, 15) is 4.79 Å². The van der Waals surface area contributed by atoms with Gasteiger partial charge in [-0.2, -0.15) is 0 Å². The summed E-state index contributed by atoms with van der Waals surface area (Å²) in [5.41, 5.74) is 2.90. The maximum atomic E-state index is 12.2. The van der Waals surface area contributed by atoms with Crippen LogP contribution in [0.15, 0.2) is 53.4 Å². The molecule has 2 aromatic rings. The second kappa shape index (κ2) is 9.38. The second-order valence-electron chi connectivity index (χ2n) is 5.23. The van der Waals surface area contributed by atoms with Gasteiger partial charge in [0.15, 0.2) is 0 Å². The Morgan fingerprint density at radius 2 is 1.78 bits per heavy atom. The highest BCUT2D eigenvalue weighted by Gasteiger charge is 2.07. The molecule has 3 nitrogen and oxygen atoms in total. The average Bonchev–Trinajstić information content (AvgIpc) is 2.61. The van der Waals surface area contributed by atoms with Crippen LogP contribution < -0.4 is 5.32 Å². The predicted molar refractivity (Wildman–Crippen MR) is 95.8 cm³/mol. The van der Waals surface area contributed by atoms with Gasteiger partial charge in [0.05, 0.1) is 6.61 Å². The largest absolute Gasteiger partial charge is 0.377 e.